The summed E-state index contributed by atoms with van der Waals surface area (Å²) >= 11 is 0. The quantitative estimate of drug-likeness (QED) is 0.824. The topological polar surface area (TPSA) is 78.3 Å². The maximum atomic E-state index is 11.9. The molecule has 0 saturated carbocycles. The summed E-state index contributed by atoms with van der Waals surface area (Å²) in [5, 5.41) is 0.749. The first-order valence-electron chi connectivity index (χ1n) is 5.71. The van der Waals surface area contributed by atoms with Gasteiger partial charge >= 0.3 is 5.97 Å². The van der Waals surface area contributed by atoms with E-state index in [9.17, 15) is 4.79 Å². The molecule has 0 aliphatic heterocycles. The van der Waals surface area contributed by atoms with Crippen LogP contribution in [0.1, 0.15) is 36.9 Å². The summed E-state index contributed by atoms with van der Waals surface area (Å²) in [6.07, 6.45) is 1.44. The van der Waals surface area contributed by atoms with Gasteiger partial charge in [0, 0.05) is 11.6 Å². The average Bonchev–Trinajstić information content (AvgIpc) is 2.68. The van der Waals surface area contributed by atoms with E-state index in [-0.39, 0.29) is 0 Å². The average molecular weight is 248 g/mol. The number of rotatable bonds is 2. The zero-order chi connectivity index (χ0) is 13.3. The number of pyridine rings is 1. The van der Waals surface area contributed by atoms with Crippen molar-refractivity contribution in [2.75, 3.05) is 0 Å². The summed E-state index contributed by atoms with van der Waals surface area (Å²) in [5.74, 6) is 0.242. The lowest BCUT2D eigenvalue weighted by Gasteiger charge is -2.19. The summed E-state index contributed by atoms with van der Waals surface area (Å²) in [7, 11) is 0. The van der Waals surface area contributed by atoms with Crippen LogP contribution in [0.15, 0.2) is 22.7 Å². The minimum Gasteiger partial charge on any atom is -0.456 e. The second-order valence-corrected chi connectivity index (χ2v) is 5.04. The standard InChI is InChI=1S/C13H16N2O3/c1-13(2,3)18-12(16)9-4-8-5-10(6-14)17-11(8)15-7-9/h4-5,7H,6,14H2,1-3H3. The van der Waals surface area contributed by atoms with E-state index in [2.05, 4.69) is 4.98 Å². The minimum atomic E-state index is -0.523. The highest BCUT2D eigenvalue weighted by atomic mass is 16.6. The number of hydrogen-bond donors (Lipinski definition) is 1. The summed E-state index contributed by atoms with van der Waals surface area (Å²) in [6.45, 7) is 5.77. The number of ether oxygens (including phenoxy) is 1. The smallest absolute Gasteiger partial charge is 0.340 e. The van der Waals surface area contributed by atoms with Gasteiger partial charge < -0.3 is 14.9 Å². The van der Waals surface area contributed by atoms with Crippen molar-refractivity contribution in [1.29, 1.82) is 0 Å². The van der Waals surface area contributed by atoms with Crippen molar-refractivity contribution in [3.63, 3.8) is 0 Å². The molecule has 2 rings (SSSR count). The van der Waals surface area contributed by atoms with Crippen LogP contribution in [-0.4, -0.2) is 16.6 Å². The van der Waals surface area contributed by atoms with Gasteiger partial charge in [-0.2, -0.15) is 0 Å². The van der Waals surface area contributed by atoms with Crippen LogP contribution < -0.4 is 5.73 Å². The van der Waals surface area contributed by atoms with Crippen LogP contribution in [0.4, 0.5) is 0 Å². The van der Waals surface area contributed by atoms with Crippen LogP contribution in [0, 0.1) is 0 Å². The van der Waals surface area contributed by atoms with Gasteiger partial charge in [-0.1, -0.05) is 0 Å². The van der Waals surface area contributed by atoms with Gasteiger partial charge in [-0.3, -0.25) is 0 Å². The Bertz CT molecular complexity index is 581. The van der Waals surface area contributed by atoms with E-state index in [1.54, 1.807) is 12.1 Å². The molecule has 0 saturated heterocycles. The highest BCUT2D eigenvalue weighted by Gasteiger charge is 2.18. The molecular weight excluding hydrogens is 232 g/mol. The number of aromatic nitrogens is 1. The van der Waals surface area contributed by atoms with Gasteiger partial charge in [0.15, 0.2) is 0 Å². The number of carbonyl (C=O) groups excluding carboxylic acids is 1. The molecule has 0 radical (unpaired) electrons. The summed E-state index contributed by atoms with van der Waals surface area (Å²) in [4.78, 5) is 15.9. The van der Waals surface area contributed by atoms with Crippen LogP contribution in [0.2, 0.25) is 0 Å². The van der Waals surface area contributed by atoms with Gasteiger partial charge in [-0.15, -0.1) is 0 Å². The number of nitrogens with zero attached hydrogens (tertiary/aromatic N) is 1. The van der Waals surface area contributed by atoms with Gasteiger partial charge in [0.05, 0.1) is 12.1 Å². The van der Waals surface area contributed by atoms with Crippen molar-refractivity contribution < 1.29 is 13.9 Å². The van der Waals surface area contributed by atoms with Gasteiger partial charge in [0.2, 0.25) is 5.71 Å². The molecule has 5 heteroatoms. The molecule has 0 aliphatic carbocycles. The normalized spacial score (nSPS) is 11.8. The Hall–Kier alpha value is -1.88. The van der Waals surface area contributed by atoms with Crippen molar-refractivity contribution in [2.45, 2.75) is 32.9 Å². The Balaban J connectivity index is 2.32. The number of hydrogen-bond acceptors (Lipinski definition) is 5. The molecular formula is C13H16N2O3. The Morgan fingerprint density at radius 2 is 2.17 bits per heavy atom. The van der Waals surface area contributed by atoms with E-state index in [0.717, 1.165) is 5.39 Å². The van der Waals surface area contributed by atoms with Crippen LogP contribution in [0.25, 0.3) is 11.1 Å². The first kappa shape index (κ1) is 12.6. The van der Waals surface area contributed by atoms with Crippen molar-refractivity contribution in [1.82, 2.24) is 4.98 Å². The molecule has 5 nitrogen and oxygen atoms in total. The predicted octanol–water partition coefficient (Wildman–Crippen LogP) is 2.24. The van der Waals surface area contributed by atoms with Crippen molar-refractivity contribution >= 4 is 17.1 Å². The lowest BCUT2D eigenvalue weighted by molar-refractivity contribution is 0.00693. The highest BCUT2D eigenvalue weighted by molar-refractivity contribution is 5.93. The molecule has 0 spiro atoms. The molecule has 0 amide bonds. The molecule has 0 atom stereocenters. The Morgan fingerprint density at radius 1 is 1.44 bits per heavy atom. The maximum Gasteiger partial charge on any atom is 0.340 e. The molecule has 2 aromatic rings. The maximum absolute atomic E-state index is 11.9. The molecule has 2 heterocycles. The first-order valence-corrected chi connectivity index (χ1v) is 5.71. The molecule has 2 N–H and O–H groups in total. The van der Waals surface area contributed by atoms with E-state index >= 15 is 0 Å². The monoisotopic (exact) mass is 248 g/mol. The van der Waals surface area contributed by atoms with Crippen molar-refractivity contribution in [3.8, 4) is 0 Å². The third-order valence-corrected chi connectivity index (χ3v) is 2.26. The fraction of sp³-hybridized carbons (Fsp3) is 0.385. The van der Waals surface area contributed by atoms with Crippen LogP contribution in [-0.2, 0) is 11.3 Å². The molecule has 0 fully saturated rings. The van der Waals surface area contributed by atoms with E-state index in [0.29, 0.717) is 23.6 Å². The summed E-state index contributed by atoms with van der Waals surface area (Å²) in [6, 6.07) is 3.47. The molecule has 2 aromatic heterocycles. The Morgan fingerprint density at radius 3 is 2.78 bits per heavy atom. The second kappa shape index (κ2) is 4.42. The summed E-state index contributed by atoms with van der Waals surface area (Å²) < 4.78 is 10.6. The van der Waals surface area contributed by atoms with Crippen LogP contribution in [0.5, 0.6) is 0 Å². The SMILES string of the molecule is CC(C)(C)OC(=O)c1cnc2oc(CN)cc2c1. The lowest BCUT2D eigenvalue weighted by Crippen LogP contribution is -2.23. The van der Waals surface area contributed by atoms with Gasteiger partial charge in [-0.05, 0) is 32.9 Å². The number of furan rings is 1. The molecule has 0 aromatic carbocycles. The fourth-order valence-electron chi connectivity index (χ4n) is 1.53. The van der Waals surface area contributed by atoms with E-state index < -0.39 is 11.6 Å². The first-order chi connectivity index (χ1) is 8.39. The van der Waals surface area contributed by atoms with Crippen LogP contribution >= 0.6 is 0 Å². The van der Waals surface area contributed by atoms with E-state index in [1.807, 2.05) is 20.8 Å². The van der Waals surface area contributed by atoms with Gasteiger partial charge in [-0.25, -0.2) is 9.78 Å². The zero-order valence-corrected chi connectivity index (χ0v) is 10.7. The highest BCUT2D eigenvalue weighted by Crippen LogP contribution is 2.19. The largest absolute Gasteiger partial charge is 0.456 e. The van der Waals surface area contributed by atoms with E-state index in [1.165, 1.54) is 6.20 Å². The second-order valence-electron chi connectivity index (χ2n) is 5.04. The third-order valence-electron chi connectivity index (χ3n) is 2.26. The predicted molar refractivity (Wildman–Crippen MR) is 67.1 cm³/mol. The molecule has 18 heavy (non-hydrogen) atoms. The number of carbonyl (C=O) groups is 1. The number of nitrogens with two attached hydrogens (primary N) is 1. The Kier molecular flexibility index (Phi) is 3.09. The minimum absolute atomic E-state index is 0.304. The zero-order valence-electron chi connectivity index (χ0n) is 10.7. The third kappa shape index (κ3) is 2.68. The van der Waals surface area contributed by atoms with Crippen molar-refractivity contribution in [2.24, 2.45) is 5.73 Å². The molecule has 0 aliphatic rings. The molecule has 96 valence electrons. The molecule has 0 bridgehead atoms. The number of fused-ring (bicyclic) bond motifs is 1. The lowest BCUT2D eigenvalue weighted by atomic mass is 10.2. The Labute approximate surface area is 105 Å². The molecule has 0 unspecified atom stereocenters. The van der Waals surface area contributed by atoms with E-state index in [4.69, 9.17) is 14.9 Å². The summed E-state index contributed by atoms with van der Waals surface area (Å²) in [5.41, 5.74) is 5.84. The fourth-order valence-corrected chi connectivity index (χ4v) is 1.53. The van der Waals surface area contributed by atoms with Crippen molar-refractivity contribution in [3.05, 3.63) is 29.7 Å². The van der Waals surface area contributed by atoms with Gasteiger partial charge in [0.25, 0.3) is 0 Å². The van der Waals surface area contributed by atoms with Crippen LogP contribution in [0.3, 0.4) is 0 Å². The number of esters is 1. The van der Waals surface area contributed by atoms with Gasteiger partial charge in [0.1, 0.15) is 11.4 Å².